The Bertz CT molecular complexity index is 1260. The quantitative estimate of drug-likeness (QED) is 0.599. The first-order valence-electron chi connectivity index (χ1n) is 12.4. The van der Waals surface area contributed by atoms with Crippen LogP contribution in [0.3, 0.4) is 0 Å². The van der Waals surface area contributed by atoms with Crippen molar-refractivity contribution >= 4 is 23.4 Å². The lowest BCUT2D eigenvalue weighted by atomic mass is 9.89. The van der Waals surface area contributed by atoms with Crippen molar-refractivity contribution in [1.82, 2.24) is 10.6 Å². The normalized spacial score (nSPS) is 20.6. The highest BCUT2D eigenvalue weighted by molar-refractivity contribution is 6.32. The number of benzene rings is 2. The van der Waals surface area contributed by atoms with Gasteiger partial charge >= 0.3 is 0 Å². The van der Waals surface area contributed by atoms with Crippen molar-refractivity contribution in [3.63, 3.8) is 0 Å². The second-order valence-corrected chi connectivity index (χ2v) is 10.0. The molecular formula is C28H28ClN3O4. The zero-order chi connectivity index (χ0) is 25.1. The minimum absolute atomic E-state index is 0.208. The Hall–Kier alpha value is -3.50. The number of hydrogen-bond acceptors (Lipinski definition) is 5. The van der Waals surface area contributed by atoms with E-state index in [1.165, 1.54) is 5.56 Å². The third-order valence-corrected chi connectivity index (χ3v) is 7.21. The molecule has 36 heavy (non-hydrogen) atoms. The highest BCUT2D eigenvalue weighted by Gasteiger charge is 2.45. The van der Waals surface area contributed by atoms with Crippen molar-refractivity contribution in [3.05, 3.63) is 69.8 Å². The fourth-order valence-corrected chi connectivity index (χ4v) is 4.91. The third-order valence-electron chi connectivity index (χ3n) is 6.91. The van der Waals surface area contributed by atoms with Gasteiger partial charge in [-0.2, -0.15) is 5.26 Å². The number of nitrogens with one attached hydrogen (secondary N) is 2. The van der Waals surface area contributed by atoms with Crippen LogP contribution in [0.25, 0.3) is 0 Å². The first kappa shape index (κ1) is 24.2. The van der Waals surface area contributed by atoms with E-state index in [1.54, 1.807) is 12.1 Å². The standard InChI is InChI=1S/C28H28ClN3O4/c29-22-13-18-7-8-24(22)35-11-3-4-12-36-25-16-20-6-2-1-5-19(20)15-21(25)26(33)31-23(14-18)27(34)32-28(17-30)9-10-28/h3-4,7-8,13,15-16,23H,1-2,5-6,9-12,14H2,(H,31,33)(H,32,34)/t23-/m0/s1. The molecule has 186 valence electrons. The Kier molecular flexibility index (Phi) is 6.88. The number of hydrogen-bond donors (Lipinski definition) is 2. The fourth-order valence-electron chi connectivity index (χ4n) is 4.65. The smallest absolute Gasteiger partial charge is 0.255 e. The predicted molar refractivity (Wildman–Crippen MR) is 135 cm³/mol. The lowest BCUT2D eigenvalue weighted by molar-refractivity contribution is -0.123. The molecule has 2 amide bonds. The minimum Gasteiger partial charge on any atom is -0.489 e. The number of halogens is 1. The van der Waals surface area contributed by atoms with Crippen molar-refractivity contribution in [1.29, 1.82) is 5.26 Å². The minimum atomic E-state index is -0.900. The van der Waals surface area contributed by atoms with Crippen LogP contribution >= 0.6 is 11.6 Å². The Labute approximate surface area is 215 Å². The van der Waals surface area contributed by atoms with Gasteiger partial charge in [0.1, 0.15) is 36.3 Å². The molecule has 0 radical (unpaired) electrons. The Morgan fingerprint density at radius 2 is 1.75 bits per heavy atom. The van der Waals surface area contributed by atoms with E-state index in [2.05, 4.69) is 16.7 Å². The summed E-state index contributed by atoms with van der Waals surface area (Å²) in [7, 11) is 0. The van der Waals surface area contributed by atoms with Gasteiger partial charge in [0.25, 0.3) is 5.91 Å². The van der Waals surface area contributed by atoms with Gasteiger partial charge in [0.15, 0.2) is 0 Å². The molecule has 2 heterocycles. The van der Waals surface area contributed by atoms with E-state index < -0.39 is 17.5 Å². The summed E-state index contributed by atoms with van der Waals surface area (Å²) in [6.45, 7) is 0.588. The van der Waals surface area contributed by atoms with Crippen LogP contribution in [-0.2, 0) is 24.1 Å². The third kappa shape index (κ3) is 5.34. The molecule has 1 fully saturated rings. The van der Waals surface area contributed by atoms with E-state index in [-0.39, 0.29) is 18.9 Å². The highest BCUT2D eigenvalue weighted by Crippen LogP contribution is 2.35. The van der Waals surface area contributed by atoms with Crippen LogP contribution in [0.1, 0.15) is 52.7 Å². The maximum atomic E-state index is 13.6. The number of fused-ring (bicyclic) bond motifs is 10. The summed E-state index contributed by atoms with van der Waals surface area (Å²) in [6, 6.07) is 10.4. The summed E-state index contributed by atoms with van der Waals surface area (Å²) in [5.41, 5.74) is 2.66. The topological polar surface area (TPSA) is 100 Å². The van der Waals surface area contributed by atoms with E-state index in [0.717, 1.165) is 36.8 Å². The maximum Gasteiger partial charge on any atom is 0.255 e. The lowest BCUT2D eigenvalue weighted by Crippen LogP contribution is -2.51. The molecule has 1 saturated carbocycles. The first-order chi connectivity index (χ1) is 17.5. The summed E-state index contributed by atoms with van der Waals surface area (Å²) >= 11 is 6.42. The SMILES string of the molecule is N#CC1(NC(=O)[C@@H]2Cc3ccc(c(Cl)c3)OCC=CCOc3cc4c(cc3C(=O)N2)CCCC4)CC1. The van der Waals surface area contributed by atoms with Crippen molar-refractivity contribution in [2.24, 2.45) is 0 Å². The summed E-state index contributed by atoms with van der Waals surface area (Å²) < 4.78 is 11.8. The van der Waals surface area contributed by atoms with Crippen LogP contribution < -0.4 is 20.1 Å². The first-order valence-corrected chi connectivity index (χ1v) is 12.7. The van der Waals surface area contributed by atoms with Crippen LogP contribution in [0, 0.1) is 11.3 Å². The summed E-state index contributed by atoms with van der Waals surface area (Å²) in [5.74, 6) is 0.235. The molecule has 2 aromatic rings. The molecule has 8 heteroatoms. The molecule has 0 unspecified atom stereocenters. The molecule has 2 aliphatic heterocycles. The van der Waals surface area contributed by atoms with Gasteiger partial charge in [-0.15, -0.1) is 0 Å². The van der Waals surface area contributed by atoms with E-state index in [9.17, 15) is 14.9 Å². The molecule has 0 spiro atoms. The molecular weight excluding hydrogens is 478 g/mol. The largest absolute Gasteiger partial charge is 0.489 e. The lowest BCUT2D eigenvalue weighted by Gasteiger charge is -2.23. The van der Waals surface area contributed by atoms with Gasteiger partial charge in [0.05, 0.1) is 16.7 Å². The van der Waals surface area contributed by atoms with E-state index in [1.807, 2.05) is 30.4 Å². The molecule has 0 saturated heterocycles. The van der Waals surface area contributed by atoms with Gasteiger partial charge < -0.3 is 20.1 Å². The number of carbonyl (C=O) groups excluding carboxylic acids is 2. The van der Waals surface area contributed by atoms with Crippen molar-refractivity contribution in [2.45, 2.75) is 56.5 Å². The Morgan fingerprint density at radius 1 is 1.06 bits per heavy atom. The number of aryl methyl sites for hydroxylation is 2. The average molecular weight is 506 g/mol. The number of ether oxygens (including phenoxy) is 2. The second-order valence-electron chi connectivity index (χ2n) is 9.60. The predicted octanol–water partition coefficient (Wildman–Crippen LogP) is 4.06. The molecule has 4 aliphatic rings. The summed E-state index contributed by atoms with van der Waals surface area (Å²) in [6.07, 6.45) is 9.14. The molecule has 2 aliphatic carbocycles. The number of nitrogens with zero attached hydrogens (tertiary/aromatic N) is 1. The monoisotopic (exact) mass is 505 g/mol. The van der Waals surface area contributed by atoms with Crippen LogP contribution in [0.4, 0.5) is 0 Å². The van der Waals surface area contributed by atoms with Crippen LogP contribution in [0.5, 0.6) is 11.5 Å². The number of rotatable bonds is 2. The summed E-state index contributed by atoms with van der Waals surface area (Å²) in [4.78, 5) is 26.8. The van der Waals surface area contributed by atoms with E-state index in [4.69, 9.17) is 21.1 Å². The number of nitriles is 1. The van der Waals surface area contributed by atoms with Crippen LogP contribution in [0.15, 0.2) is 42.5 Å². The summed E-state index contributed by atoms with van der Waals surface area (Å²) in [5, 5.41) is 15.6. The van der Waals surface area contributed by atoms with Crippen LogP contribution in [0.2, 0.25) is 5.02 Å². The van der Waals surface area contributed by atoms with Gasteiger partial charge in [-0.3, -0.25) is 9.59 Å². The van der Waals surface area contributed by atoms with Crippen LogP contribution in [-0.4, -0.2) is 36.6 Å². The van der Waals surface area contributed by atoms with Crippen molar-refractivity contribution < 1.29 is 19.1 Å². The Balaban J connectivity index is 1.49. The number of carbonyl (C=O) groups is 2. The molecule has 7 nitrogen and oxygen atoms in total. The van der Waals surface area contributed by atoms with E-state index >= 15 is 0 Å². The van der Waals surface area contributed by atoms with Gasteiger partial charge in [0, 0.05) is 6.42 Å². The second kappa shape index (κ2) is 10.2. The zero-order valence-electron chi connectivity index (χ0n) is 19.9. The van der Waals surface area contributed by atoms with Crippen molar-refractivity contribution in [2.75, 3.05) is 13.2 Å². The molecule has 1 atom stereocenters. The van der Waals surface area contributed by atoms with Gasteiger partial charge in [0.2, 0.25) is 5.91 Å². The molecule has 0 aromatic heterocycles. The van der Waals surface area contributed by atoms with Gasteiger partial charge in [-0.25, -0.2) is 0 Å². The average Bonchev–Trinajstić information content (AvgIpc) is 3.65. The molecule has 2 N–H and O–H groups in total. The Morgan fingerprint density at radius 3 is 2.42 bits per heavy atom. The van der Waals surface area contributed by atoms with Gasteiger partial charge in [-0.1, -0.05) is 17.7 Å². The van der Waals surface area contributed by atoms with Crippen molar-refractivity contribution in [3.8, 4) is 17.6 Å². The highest BCUT2D eigenvalue weighted by atomic mass is 35.5. The number of amides is 2. The molecule has 6 rings (SSSR count). The zero-order valence-corrected chi connectivity index (χ0v) is 20.7. The maximum absolute atomic E-state index is 13.6. The molecule has 2 aromatic carbocycles. The fraction of sp³-hybridized carbons (Fsp3) is 0.393. The molecule has 2 bridgehead atoms. The van der Waals surface area contributed by atoms with Gasteiger partial charge in [-0.05, 0) is 91.6 Å². The van der Waals surface area contributed by atoms with E-state index in [0.29, 0.717) is 41.5 Å².